The van der Waals surface area contributed by atoms with Gasteiger partial charge < -0.3 is 10.6 Å². The minimum atomic E-state index is -0.359. The molecule has 0 aliphatic carbocycles. The van der Waals surface area contributed by atoms with Gasteiger partial charge in [0.1, 0.15) is 0 Å². The van der Waals surface area contributed by atoms with Gasteiger partial charge in [-0.3, -0.25) is 4.79 Å². The third kappa shape index (κ3) is 9.17. The molecule has 1 amide bonds. The van der Waals surface area contributed by atoms with Crippen LogP contribution in [0.1, 0.15) is 19.3 Å². The number of primary amides is 1. The van der Waals surface area contributed by atoms with E-state index < -0.39 is 0 Å². The van der Waals surface area contributed by atoms with E-state index in [1.54, 1.807) is 0 Å². The maximum atomic E-state index is 10.3. The lowest BCUT2D eigenvalue weighted by Gasteiger charge is -2.07. The Labute approximate surface area is 74.2 Å². The van der Waals surface area contributed by atoms with Crippen molar-refractivity contribution in [2.24, 2.45) is 5.73 Å². The van der Waals surface area contributed by atoms with E-state index in [1.165, 1.54) is 6.08 Å². The minimum absolute atomic E-state index is 0.359. The number of rotatable bonds is 6. The molecule has 12 heavy (non-hydrogen) atoms. The van der Waals surface area contributed by atoms with Crippen LogP contribution < -0.4 is 5.73 Å². The summed E-state index contributed by atoms with van der Waals surface area (Å²) in [7, 11) is 4.11. The van der Waals surface area contributed by atoms with E-state index in [-0.39, 0.29) is 5.91 Å². The van der Waals surface area contributed by atoms with Crippen LogP contribution in [-0.4, -0.2) is 31.4 Å². The Bertz CT molecular complexity index is 153. The molecule has 0 heterocycles. The molecule has 0 rings (SSSR count). The molecule has 0 atom stereocenters. The molecule has 0 aliphatic heterocycles. The molecule has 0 aromatic heterocycles. The Morgan fingerprint density at radius 1 is 1.42 bits per heavy atom. The molecule has 0 fully saturated rings. The third-order valence-corrected chi connectivity index (χ3v) is 1.51. The fourth-order valence-electron chi connectivity index (χ4n) is 0.890. The first-order valence-electron chi connectivity index (χ1n) is 4.23. The average Bonchev–Trinajstić information content (AvgIpc) is 1.95. The van der Waals surface area contributed by atoms with Crippen molar-refractivity contribution < 1.29 is 4.79 Å². The van der Waals surface area contributed by atoms with E-state index in [0.717, 1.165) is 25.8 Å². The molecule has 0 spiro atoms. The molecule has 3 nitrogen and oxygen atoms in total. The molecule has 3 heteroatoms. The van der Waals surface area contributed by atoms with Crippen molar-refractivity contribution in [2.45, 2.75) is 19.3 Å². The van der Waals surface area contributed by atoms with Gasteiger partial charge in [-0.1, -0.05) is 6.08 Å². The van der Waals surface area contributed by atoms with Gasteiger partial charge in [0.15, 0.2) is 0 Å². The standard InChI is InChI=1S/C9H18N2O/c1-11(2)8-6-4-3-5-7-9(10)12/h5,7H,3-4,6,8H2,1-2H3,(H2,10,12). The molecule has 0 aromatic carbocycles. The average molecular weight is 170 g/mol. The van der Waals surface area contributed by atoms with E-state index >= 15 is 0 Å². The third-order valence-electron chi connectivity index (χ3n) is 1.51. The van der Waals surface area contributed by atoms with Gasteiger partial charge in [0.05, 0.1) is 0 Å². The normalized spacial score (nSPS) is 11.2. The molecule has 0 saturated carbocycles. The predicted octanol–water partition coefficient (Wildman–Crippen LogP) is 0.760. The number of carbonyl (C=O) groups is 1. The molecule has 0 bridgehead atoms. The van der Waals surface area contributed by atoms with Crippen molar-refractivity contribution in [3.8, 4) is 0 Å². The number of nitrogens with zero attached hydrogens (tertiary/aromatic N) is 1. The molecule has 0 unspecified atom stereocenters. The van der Waals surface area contributed by atoms with Gasteiger partial charge in [0.2, 0.25) is 5.91 Å². The Kier molecular flexibility index (Phi) is 6.38. The topological polar surface area (TPSA) is 46.3 Å². The van der Waals surface area contributed by atoms with E-state index in [0.29, 0.717) is 0 Å². The molecule has 70 valence electrons. The summed E-state index contributed by atoms with van der Waals surface area (Å²) in [5, 5.41) is 0. The van der Waals surface area contributed by atoms with Crippen molar-refractivity contribution in [1.82, 2.24) is 4.90 Å². The van der Waals surface area contributed by atoms with Crippen molar-refractivity contribution in [2.75, 3.05) is 20.6 Å². The van der Waals surface area contributed by atoms with Gasteiger partial charge in [0.25, 0.3) is 0 Å². The number of nitrogens with two attached hydrogens (primary N) is 1. The summed E-state index contributed by atoms with van der Waals surface area (Å²) < 4.78 is 0. The van der Waals surface area contributed by atoms with Crippen LogP contribution in [0.5, 0.6) is 0 Å². The summed E-state index contributed by atoms with van der Waals surface area (Å²) >= 11 is 0. The highest BCUT2D eigenvalue weighted by Crippen LogP contribution is 1.96. The fraction of sp³-hybridized carbons (Fsp3) is 0.667. The molecule has 0 saturated heterocycles. The number of carbonyl (C=O) groups excluding carboxylic acids is 1. The molecule has 0 aromatic rings. The fourth-order valence-corrected chi connectivity index (χ4v) is 0.890. The van der Waals surface area contributed by atoms with Crippen LogP contribution in [0.4, 0.5) is 0 Å². The van der Waals surface area contributed by atoms with Gasteiger partial charge in [-0.25, -0.2) is 0 Å². The van der Waals surface area contributed by atoms with E-state index in [2.05, 4.69) is 19.0 Å². The zero-order valence-corrected chi connectivity index (χ0v) is 7.92. The lowest BCUT2D eigenvalue weighted by Crippen LogP contribution is -2.12. The lowest BCUT2D eigenvalue weighted by atomic mass is 10.2. The summed E-state index contributed by atoms with van der Waals surface area (Å²) in [6.07, 6.45) is 6.47. The van der Waals surface area contributed by atoms with E-state index in [4.69, 9.17) is 5.73 Å². The summed E-state index contributed by atoms with van der Waals surface area (Å²) in [6.45, 7) is 1.10. The van der Waals surface area contributed by atoms with E-state index in [1.807, 2.05) is 6.08 Å². The zero-order chi connectivity index (χ0) is 9.40. The number of hydrogen-bond donors (Lipinski definition) is 1. The smallest absolute Gasteiger partial charge is 0.241 e. The van der Waals surface area contributed by atoms with Crippen LogP contribution in [0.2, 0.25) is 0 Å². The molecule has 0 radical (unpaired) electrons. The second kappa shape index (κ2) is 6.85. The van der Waals surface area contributed by atoms with Crippen LogP contribution in [0.3, 0.4) is 0 Å². The molecular weight excluding hydrogens is 152 g/mol. The number of hydrogen-bond acceptors (Lipinski definition) is 2. The summed E-state index contributed by atoms with van der Waals surface area (Å²) in [6, 6.07) is 0. The number of amides is 1. The summed E-state index contributed by atoms with van der Waals surface area (Å²) in [4.78, 5) is 12.4. The summed E-state index contributed by atoms with van der Waals surface area (Å²) in [5.41, 5.74) is 4.92. The van der Waals surface area contributed by atoms with Gasteiger partial charge in [-0.2, -0.15) is 0 Å². The van der Waals surface area contributed by atoms with Crippen molar-refractivity contribution >= 4 is 5.91 Å². The van der Waals surface area contributed by atoms with E-state index in [9.17, 15) is 4.79 Å². The monoisotopic (exact) mass is 170 g/mol. The lowest BCUT2D eigenvalue weighted by molar-refractivity contribution is -0.113. The van der Waals surface area contributed by atoms with Crippen LogP contribution in [0, 0.1) is 0 Å². The number of unbranched alkanes of at least 4 members (excludes halogenated alkanes) is 2. The van der Waals surface area contributed by atoms with Gasteiger partial charge in [0, 0.05) is 0 Å². The Balaban J connectivity index is 3.16. The van der Waals surface area contributed by atoms with Gasteiger partial charge in [-0.15, -0.1) is 0 Å². The Morgan fingerprint density at radius 3 is 2.58 bits per heavy atom. The largest absolute Gasteiger partial charge is 0.366 e. The Hall–Kier alpha value is -0.830. The first-order valence-corrected chi connectivity index (χ1v) is 4.23. The zero-order valence-electron chi connectivity index (χ0n) is 7.92. The highest BCUT2D eigenvalue weighted by atomic mass is 16.1. The quantitative estimate of drug-likeness (QED) is 0.472. The number of allylic oxidation sites excluding steroid dienone is 1. The first-order chi connectivity index (χ1) is 5.63. The van der Waals surface area contributed by atoms with Gasteiger partial charge in [-0.05, 0) is 46.0 Å². The predicted molar refractivity (Wildman–Crippen MR) is 50.7 cm³/mol. The molecule has 0 aliphatic rings. The van der Waals surface area contributed by atoms with Crippen molar-refractivity contribution in [3.05, 3.63) is 12.2 Å². The van der Waals surface area contributed by atoms with Crippen LogP contribution in [0.15, 0.2) is 12.2 Å². The Morgan fingerprint density at radius 2 is 2.08 bits per heavy atom. The SMILES string of the molecule is CN(C)CCCCC=CC(N)=O. The molecule has 2 N–H and O–H groups in total. The van der Waals surface area contributed by atoms with Crippen molar-refractivity contribution in [1.29, 1.82) is 0 Å². The summed E-state index contributed by atoms with van der Waals surface area (Å²) in [5.74, 6) is -0.359. The minimum Gasteiger partial charge on any atom is -0.366 e. The second-order valence-corrected chi connectivity index (χ2v) is 3.10. The first kappa shape index (κ1) is 11.2. The highest BCUT2D eigenvalue weighted by Gasteiger charge is 1.89. The van der Waals surface area contributed by atoms with Crippen LogP contribution in [-0.2, 0) is 4.79 Å². The van der Waals surface area contributed by atoms with Crippen molar-refractivity contribution in [3.63, 3.8) is 0 Å². The highest BCUT2D eigenvalue weighted by molar-refractivity contribution is 5.85. The molecular formula is C9H18N2O. The maximum absolute atomic E-state index is 10.3. The second-order valence-electron chi connectivity index (χ2n) is 3.10. The van der Waals surface area contributed by atoms with Crippen LogP contribution >= 0.6 is 0 Å². The van der Waals surface area contributed by atoms with Crippen LogP contribution in [0.25, 0.3) is 0 Å². The van der Waals surface area contributed by atoms with Gasteiger partial charge >= 0.3 is 0 Å². The maximum Gasteiger partial charge on any atom is 0.241 e.